The molecule has 0 aliphatic carbocycles. The molecule has 0 saturated heterocycles. The highest BCUT2D eigenvalue weighted by Gasteiger charge is 2.16. The molecule has 1 aromatic rings. The summed E-state index contributed by atoms with van der Waals surface area (Å²) in [6.07, 6.45) is 2.15. The van der Waals surface area contributed by atoms with Crippen LogP contribution < -0.4 is 4.72 Å². The monoisotopic (exact) mass is 244 g/mol. The van der Waals surface area contributed by atoms with E-state index < -0.39 is 16.1 Å². The molecule has 0 aromatic carbocycles. The minimum atomic E-state index is -3.59. The van der Waals surface area contributed by atoms with Crippen molar-refractivity contribution in [2.45, 2.75) is 30.9 Å². The summed E-state index contributed by atoms with van der Waals surface area (Å²) in [5.41, 5.74) is 0. The predicted molar refractivity (Wildman–Crippen MR) is 60.3 cm³/mol. The van der Waals surface area contributed by atoms with E-state index in [1.54, 1.807) is 12.1 Å². The van der Waals surface area contributed by atoms with Gasteiger partial charge >= 0.3 is 0 Å². The van der Waals surface area contributed by atoms with Crippen LogP contribution in [0.1, 0.15) is 19.8 Å². The number of nitrogens with zero attached hydrogens (tertiary/aromatic N) is 1. The fourth-order valence-corrected chi connectivity index (χ4v) is 2.24. The number of hydrogen-bond acceptors (Lipinski definition) is 4. The molecule has 16 heavy (non-hydrogen) atoms. The summed E-state index contributed by atoms with van der Waals surface area (Å²) >= 11 is 0. The Morgan fingerprint density at radius 3 is 2.81 bits per heavy atom. The largest absolute Gasteiger partial charge is 0.392 e. The number of hydrogen-bond donors (Lipinski definition) is 2. The molecule has 1 aromatic heterocycles. The van der Waals surface area contributed by atoms with Gasteiger partial charge in [-0.2, -0.15) is 0 Å². The molecule has 0 bridgehead atoms. The van der Waals surface area contributed by atoms with E-state index in [1.165, 1.54) is 12.3 Å². The van der Waals surface area contributed by atoms with Crippen LogP contribution in [0.3, 0.4) is 0 Å². The van der Waals surface area contributed by atoms with E-state index in [2.05, 4.69) is 9.71 Å². The third-order valence-corrected chi connectivity index (χ3v) is 3.38. The van der Waals surface area contributed by atoms with Gasteiger partial charge in [-0.3, -0.25) is 0 Å². The maximum Gasteiger partial charge on any atom is 0.258 e. The van der Waals surface area contributed by atoms with Gasteiger partial charge in [-0.15, -0.1) is 0 Å². The fraction of sp³-hybridized carbons (Fsp3) is 0.500. The van der Waals surface area contributed by atoms with Crippen molar-refractivity contribution >= 4 is 10.0 Å². The zero-order valence-corrected chi connectivity index (χ0v) is 9.94. The first-order valence-electron chi connectivity index (χ1n) is 5.15. The second kappa shape index (κ2) is 5.93. The van der Waals surface area contributed by atoms with Gasteiger partial charge < -0.3 is 5.11 Å². The van der Waals surface area contributed by atoms with Crippen molar-refractivity contribution in [1.29, 1.82) is 0 Å². The molecule has 0 radical (unpaired) electrons. The molecule has 6 heteroatoms. The lowest BCUT2D eigenvalue weighted by Crippen LogP contribution is -2.32. The second-order valence-corrected chi connectivity index (χ2v) is 5.18. The summed E-state index contributed by atoms with van der Waals surface area (Å²) in [5, 5.41) is 9.38. The minimum absolute atomic E-state index is 0.0206. The molecular formula is C10H16N2O3S. The Morgan fingerprint density at radius 1 is 1.50 bits per heavy atom. The van der Waals surface area contributed by atoms with Crippen molar-refractivity contribution < 1.29 is 13.5 Å². The van der Waals surface area contributed by atoms with Crippen molar-refractivity contribution in [1.82, 2.24) is 9.71 Å². The molecule has 1 atom stereocenters. The molecule has 0 saturated carbocycles. The zero-order chi connectivity index (χ0) is 12.0. The third-order valence-electron chi connectivity index (χ3n) is 2.04. The first-order valence-corrected chi connectivity index (χ1v) is 6.63. The van der Waals surface area contributed by atoms with E-state index in [-0.39, 0.29) is 11.6 Å². The van der Waals surface area contributed by atoms with Gasteiger partial charge in [0.1, 0.15) is 0 Å². The van der Waals surface area contributed by atoms with E-state index in [0.29, 0.717) is 6.42 Å². The van der Waals surface area contributed by atoms with E-state index in [1.807, 2.05) is 6.92 Å². The predicted octanol–water partition coefficient (Wildman–Crippen LogP) is 0.521. The van der Waals surface area contributed by atoms with Gasteiger partial charge in [0, 0.05) is 12.7 Å². The average Bonchev–Trinajstić information content (AvgIpc) is 2.28. The van der Waals surface area contributed by atoms with Gasteiger partial charge in [0.05, 0.1) is 6.10 Å². The maximum absolute atomic E-state index is 11.7. The molecule has 90 valence electrons. The van der Waals surface area contributed by atoms with E-state index in [9.17, 15) is 13.5 Å². The van der Waals surface area contributed by atoms with Crippen LogP contribution in [0.15, 0.2) is 29.4 Å². The van der Waals surface area contributed by atoms with Crippen LogP contribution in [-0.4, -0.2) is 31.2 Å². The van der Waals surface area contributed by atoms with Gasteiger partial charge in [-0.05, 0) is 18.6 Å². The van der Waals surface area contributed by atoms with Crippen LogP contribution in [0, 0.1) is 0 Å². The molecule has 0 aliphatic rings. The molecule has 0 amide bonds. The van der Waals surface area contributed by atoms with E-state index in [0.717, 1.165) is 6.42 Å². The van der Waals surface area contributed by atoms with Crippen LogP contribution in [0.5, 0.6) is 0 Å². The van der Waals surface area contributed by atoms with Gasteiger partial charge in [-0.1, -0.05) is 19.4 Å². The normalized spacial score (nSPS) is 13.6. The standard InChI is InChI=1S/C10H16N2O3S/c1-2-5-9(13)8-12-16(14,15)10-6-3-4-7-11-10/h3-4,6-7,9,12-13H,2,5,8H2,1H3. The topological polar surface area (TPSA) is 79.3 Å². The Kier molecular flexibility index (Phi) is 4.85. The van der Waals surface area contributed by atoms with Gasteiger partial charge in [0.25, 0.3) is 10.0 Å². The highest BCUT2D eigenvalue weighted by molar-refractivity contribution is 7.89. The Balaban J connectivity index is 2.60. The molecule has 5 nitrogen and oxygen atoms in total. The summed E-state index contributed by atoms with van der Waals surface area (Å²) in [4.78, 5) is 3.74. The highest BCUT2D eigenvalue weighted by Crippen LogP contribution is 2.03. The molecular weight excluding hydrogens is 228 g/mol. The Bertz CT molecular complexity index is 405. The van der Waals surface area contributed by atoms with Crippen molar-refractivity contribution in [2.24, 2.45) is 0 Å². The zero-order valence-electron chi connectivity index (χ0n) is 9.13. The number of aromatic nitrogens is 1. The van der Waals surface area contributed by atoms with Crippen LogP contribution in [-0.2, 0) is 10.0 Å². The molecule has 1 rings (SSSR count). The summed E-state index contributed by atoms with van der Waals surface area (Å²) in [7, 11) is -3.59. The Labute approximate surface area is 95.6 Å². The van der Waals surface area contributed by atoms with Crippen molar-refractivity contribution in [3.63, 3.8) is 0 Å². The SMILES string of the molecule is CCCC(O)CNS(=O)(=O)c1ccccn1. The Morgan fingerprint density at radius 2 is 2.25 bits per heavy atom. The lowest BCUT2D eigenvalue weighted by molar-refractivity contribution is 0.167. The van der Waals surface area contributed by atoms with Crippen molar-refractivity contribution in [3.8, 4) is 0 Å². The number of pyridine rings is 1. The third kappa shape index (κ3) is 3.88. The van der Waals surface area contributed by atoms with Crippen LogP contribution in [0.25, 0.3) is 0 Å². The summed E-state index contributed by atoms with van der Waals surface area (Å²) in [6.45, 7) is 1.95. The van der Waals surface area contributed by atoms with Crippen molar-refractivity contribution in [2.75, 3.05) is 6.54 Å². The summed E-state index contributed by atoms with van der Waals surface area (Å²) in [5.74, 6) is 0. The molecule has 1 unspecified atom stereocenters. The van der Waals surface area contributed by atoms with Crippen molar-refractivity contribution in [3.05, 3.63) is 24.4 Å². The smallest absolute Gasteiger partial charge is 0.258 e. The van der Waals surface area contributed by atoms with E-state index in [4.69, 9.17) is 0 Å². The number of rotatable bonds is 6. The first kappa shape index (κ1) is 13.1. The van der Waals surface area contributed by atoms with Gasteiger partial charge in [-0.25, -0.2) is 18.1 Å². The van der Waals surface area contributed by atoms with Gasteiger partial charge in [0.2, 0.25) is 0 Å². The number of sulfonamides is 1. The van der Waals surface area contributed by atoms with Gasteiger partial charge in [0.15, 0.2) is 5.03 Å². The lowest BCUT2D eigenvalue weighted by Gasteiger charge is -2.10. The second-order valence-electron chi connectivity index (χ2n) is 3.46. The number of aliphatic hydroxyl groups is 1. The molecule has 2 N–H and O–H groups in total. The van der Waals surface area contributed by atoms with Crippen LogP contribution in [0.4, 0.5) is 0 Å². The van der Waals surface area contributed by atoms with Crippen LogP contribution in [0.2, 0.25) is 0 Å². The molecule has 0 aliphatic heterocycles. The molecule has 0 spiro atoms. The average molecular weight is 244 g/mol. The summed E-state index contributed by atoms with van der Waals surface area (Å²) in [6, 6.07) is 4.66. The highest BCUT2D eigenvalue weighted by atomic mass is 32.2. The van der Waals surface area contributed by atoms with E-state index >= 15 is 0 Å². The quantitative estimate of drug-likeness (QED) is 0.764. The molecule has 0 fully saturated rings. The van der Waals surface area contributed by atoms with Crippen LogP contribution >= 0.6 is 0 Å². The minimum Gasteiger partial charge on any atom is -0.392 e. The molecule has 1 heterocycles. The fourth-order valence-electron chi connectivity index (χ4n) is 1.22. The first-order chi connectivity index (χ1) is 7.56. The Hall–Kier alpha value is -0.980. The lowest BCUT2D eigenvalue weighted by atomic mass is 10.2. The summed E-state index contributed by atoms with van der Waals surface area (Å²) < 4.78 is 25.6. The number of nitrogens with one attached hydrogen (secondary N) is 1. The number of aliphatic hydroxyl groups excluding tert-OH is 1. The maximum atomic E-state index is 11.7.